The van der Waals surface area contributed by atoms with Crippen molar-refractivity contribution >= 4 is 19.9 Å². The predicted molar refractivity (Wildman–Crippen MR) is 48.0 cm³/mol. The molecule has 2 N–H and O–H groups in total. The van der Waals surface area contributed by atoms with Crippen molar-refractivity contribution in [3.05, 3.63) is 29.1 Å². The molecule has 1 aromatic rings. The lowest BCUT2D eigenvalue weighted by atomic mass is 10.1. The average Bonchev–Trinajstić information content (AvgIpc) is 2.20. The third-order valence-corrected chi connectivity index (χ3v) is 1.59. The van der Waals surface area contributed by atoms with Gasteiger partial charge in [-0.2, -0.15) is 0 Å². The van der Waals surface area contributed by atoms with Crippen LogP contribution in [-0.2, 0) is 0 Å². The Morgan fingerprint density at radius 3 is 2.40 bits per heavy atom. The number of hydrogen-bond acceptors (Lipinski definition) is 5. The fourth-order valence-corrected chi connectivity index (χ4v) is 0.995. The average molecular weight is 212 g/mol. The second-order valence-electron chi connectivity index (χ2n) is 2.60. The molecule has 0 amide bonds. The molecule has 0 radical (unpaired) electrons. The number of carbonyl (C=O) groups excluding carboxylic acids is 2. The van der Waals surface area contributed by atoms with Crippen LogP contribution in [0.25, 0.3) is 0 Å². The lowest BCUT2D eigenvalue weighted by Gasteiger charge is -2.07. The van der Waals surface area contributed by atoms with Crippen molar-refractivity contribution in [3.8, 4) is 5.75 Å². The van der Waals surface area contributed by atoms with Crippen LogP contribution < -0.4 is 4.65 Å². The summed E-state index contributed by atoms with van der Waals surface area (Å²) in [5, 5.41) is 16.9. The highest BCUT2D eigenvalue weighted by atomic mass is 19.1. The fourth-order valence-electron chi connectivity index (χ4n) is 0.995. The molecule has 0 aliphatic heterocycles. The zero-order valence-corrected chi connectivity index (χ0v) is 7.38. The van der Waals surface area contributed by atoms with Gasteiger partial charge in [0.25, 0.3) is 0 Å². The maximum atomic E-state index is 13.3. The lowest BCUT2D eigenvalue weighted by molar-refractivity contribution is 0.111. The predicted octanol–water partition coefficient (Wildman–Crippen LogP) is -0.201. The minimum Gasteiger partial charge on any atom is -0.510 e. The number of carbonyl (C=O) groups is 2. The highest BCUT2D eigenvalue weighted by Crippen LogP contribution is 2.21. The van der Waals surface area contributed by atoms with Crippen molar-refractivity contribution in [1.82, 2.24) is 0 Å². The van der Waals surface area contributed by atoms with E-state index in [1.54, 1.807) is 0 Å². The molecule has 0 bridgehead atoms. The van der Waals surface area contributed by atoms with E-state index in [0.717, 1.165) is 12.1 Å². The van der Waals surface area contributed by atoms with Gasteiger partial charge in [-0.3, -0.25) is 9.59 Å². The van der Waals surface area contributed by atoms with Crippen molar-refractivity contribution in [1.29, 1.82) is 0 Å². The molecule has 0 unspecified atom stereocenters. The molecule has 1 aromatic carbocycles. The number of halogens is 1. The third kappa shape index (κ3) is 2.61. The Balaban J connectivity index is 3.23. The fraction of sp³-hybridized carbons (Fsp3) is 0. The largest absolute Gasteiger partial charge is 0.707 e. The molecular formula is C8H6BFO5. The first-order valence-corrected chi connectivity index (χ1v) is 3.85. The lowest BCUT2D eigenvalue weighted by Crippen LogP contribution is -2.21. The Morgan fingerprint density at radius 1 is 1.27 bits per heavy atom. The van der Waals surface area contributed by atoms with Crippen LogP contribution in [0.5, 0.6) is 5.75 Å². The highest BCUT2D eigenvalue weighted by molar-refractivity contribution is 6.33. The number of rotatable bonds is 4. The summed E-state index contributed by atoms with van der Waals surface area (Å²) in [7, 11) is -2.22. The third-order valence-electron chi connectivity index (χ3n) is 1.59. The van der Waals surface area contributed by atoms with E-state index in [1.165, 1.54) is 0 Å². The SMILES string of the molecule is O=Cc1cc(C=O)c(F)c(OB(O)O)c1. The van der Waals surface area contributed by atoms with E-state index in [0.29, 0.717) is 6.29 Å². The maximum Gasteiger partial charge on any atom is 0.707 e. The van der Waals surface area contributed by atoms with Crippen LogP contribution in [-0.4, -0.2) is 29.9 Å². The first kappa shape index (κ1) is 11.4. The summed E-state index contributed by atoms with van der Waals surface area (Å²) in [6.07, 6.45) is 0.571. The molecule has 0 fully saturated rings. The van der Waals surface area contributed by atoms with Gasteiger partial charge in [0.15, 0.2) is 12.1 Å². The molecule has 0 spiro atoms. The van der Waals surface area contributed by atoms with E-state index in [2.05, 4.69) is 4.65 Å². The van der Waals surface area contributed by atoms with Crippen LogP contribution in [0.15, 0.2) is 12.1 Å². The van der Waals surface area contributed by atoms with Crippen LogP contribution in [0, 0.1) is 5.82 Å². The first-order chi connectivity index (χ1) is 7.08. The molecule has 0 heterocycles. The van der Waals surface area contributed by atoms with Gasteiger partial charge in [-0.25, -0.2) is 4.39 Å². The van der Waals surface area contributed by atoms with Gasteiger partial charge in [0.05, 0.1) is 5.56 Å². The molecule has 15 heavy (non-hydrogen) atoms. The van der Waals surface area contributed by atoms with Crippen molar-refractivity contribution in [3.63, 3.8) is 0 Å². The number of aldehydes is 2. The smallest absolute Gasteiger partial charge is 0.510 e. The Hall–Kier alpha value is -1.73. The minimum atomic E-state index is -2.22. The molecule has 0 atom stereocenters. The van der Waals surface area contributed by atoms with E-state index in [4.69, 9.17) is 10.0 Å². The zero-order valence-electron chi connectivity index (χ0n) is 7.38. The van der Waals surface area contributed by atoms with Crippen molar-refractivity contribution in [2.24, 2.45) is 0 Å². The van der Waals surface area contributed by atoms with E-state index in [1.807, 2.05) is 0 Å². The Morgan fingerprint density at radius 2 is 1.93 bits per heavy atom. The van der Waals surface area contributed by atoms with Gasteiger partial charge < -0.3 is 14.7 Å². The van der Waals surface area contributed by atoms with E-state index in [9.17, 15) is 14.0 Å². The van der Waals surface area contributed by atoms with E-state index >= 15 is 0 Å². The summed E-state index contributed by atoms with van der Waals surface area (Å²) in [5.41, 5.74) is -0.399. The second-order valence-corrected chi connectivity index (χ2v) is 2.60. The molecule has 5 nitrogen and oxygen atoms in total. The Bertz CT molecular complexity index is 393. The normalized spacial score (nSPS) is 9.53. The molecule has 78 valence electrons. The van der Waals surface area contributed by atoms with Gasteiger partial charge in [0, 0.05) is 5.56 Å². The van der Waals surface area contributed by atoms with Crippen LogP contribution in [0.2, 0.25) is 0 Å². The second kappa shape index (κ2) is 4.67. The number of benzene rings is 1. The minimum absolute atomic E-state index is 0.00542. The highest BCUT2D eigenvalue weighted by Gasteiger charge is 2.17. The van der Waals surface area contributed by atoms with Crippen molar-refractivity contribution in [2.45, 2.75) is 0 Å². The van der Waals surface area contributed by atoms with Gasteiger partial charge in [-0.1, -0.05) is 0 Å². The van der Waals surface area contributed by atoms with E-state index in [-0.39, 0.29) is 11.8 Å². The van der Waals surface area contributed by atoms with Gasteiger partial charge >= 0.3 is 7.32 Å². The monoisotopic (exact) mass is 212 g/mol. The summed E-state index contributed by atoms with van der Waals surface area (Å²) in [6, 6.07) is 1.97. The van der Waals surface area contributed by atoms with E-state index < -0.39 is 24.5 Å². The van der Waals surface area contributed by atoms with Gasteiger partial charge in [-0.15, -0.1) is 0 Å². The van der Waals surface area contributed by atoms with Crippen LogP contribution in [0.3, 0.4) is 0 Å². The molecule has 0 aliphatic rings. The van der Waals surface area contributed by atoms with Crippen LogP contribution in [0.1, 0.15) is 20.7 Å². The summed E-state index contributed by atoms with van der Waals surface area (Å²) >= 11 is 0. The van der Waals surface area contributed by atoms with Gasteiger partial charge in [0.2, 0.25) is 0 Å². The number of hydrogen-bond donors (Lipinski definition) is 2. The topological polar surface area (TPSA) is 83.8 Å². The Kier molecular flexibility index (Phi) is 3.54. The summed E-state index contributed by atoms with van der Waals surface area (Å²) in [5.74, 6) is -1.62. The van der Waals surface area contributed by atoms with Gasteiger partial charge in [-0.05, 0) is 12.1 Å². The molecule has 0 aromatic heterocycles. The molecule has 1 rings (SSSR count). The summed E-state index contributed by atoms with van der Waals surface area (Å²) < 4.78 is 17.5. The van der Waals surface area contributed by atoms with Crippen LogP contribution in [0.4, 0.5) is 4.39 Å². The van der Waals surface area contributed by atoms with Crippen molar-refractivity contribution < 1.29 is 28.7 Å². The van der Waals surface area contributed by atoms with Gasteiger partial charge in [0.1, 0.15) is 12.0 Å². The standard InChI is InChI=1S/C8H6BFO5/c10-8-6(4-12)1-5(3-11)2-7(8)15-9(13)14/h1-4,13-14H. The van der Waals surface area contributed by atoms with Crippen LogP contribution >= 0.6 is 0 Å². The Labute approximate surface area is 84.3 Å². The maximum absolute atomic E-state index is 13.3. The first-order valence-electron chi connectivity index (χ1n) is 3.85. The quantitative estimate of drug-likeness (QED) is 0.533. The summed E-state index contributed by atoms with van der Waals surface area (Å²) in [6.45, 7) is 0. The molecular weight excluding hydrogens is 206 g/mol. The molecule has 7 heteroatoms. The van der Waals surface area contributed by atoms with Crippen molar-refractivity contribution in [2.75, 3.05) is 0 Å². The summed E-state index contributed by atoms with van der Waals surface area (Å²) in [4.78, 5) is 20.8. The molecule has 0 saturated heterocycles. The molecule has 0 saturated carbocycles. The molecule has 0 aliphatic carbocycles. The zero-order chi connectivity index (χ0) is 11.4.